The van der Waals surface area contributed by atoms with Gasteiger partial charge >= 0.3 is 6.18 Å². The molecule has 29 heavy (non-hydrogen) atoms. The summed E-state index contributed by atoms with van der Waals surface area (Å²) in [5.41, 5.74) is 0.171. The van der Waals surface area contributed by atoms with Crippen LogP contribution in [-0.2, 0) is 19.1 Å². The average molecular weight is 544 g/mol. The molecule has 0 fully saturated rings. The number of halogens is 4. The molecule has 0 bridgehead atoms. The molecule has 0 amide bonds. The normalized spacial score (nSPS) is 11.6. The lowest BCUT2D eigenvalue weighted by Gasteiger charge is -2.12. The Bertz CT molecular complexity index is 800. The third kappa shape index (κ3) is 7.88. The van der Waals surface area contributed by atoms with Gasteiger partial charge in [-0.2, -0.15) is 13.2 Å². The monoisotopic (exact) mass is 544 g/mol. The van der Waals surface area contributed by atoms with Gasteiger partial charge in [0.15, 0.2) is 23.2 Å². The molecule has 0 saturated heterocycles. The van der Waals surface area contributed by atoms with Gasteiger partial charge in [0.1, 0.15) is 5.01 Å². The maximum atomic E-state index is 12.6. The summed E-state index contributed by atoms with van der Waals surface area (Å²) in [6.07, 6.45) is -3.72. The van der Waals surface area contributed by atoms with Crippen molar-refractivity contribution in [3.8, 4) is 11.5 Å². The number of nitrogens with one attached hydrogen (secondary N) is 2. The first-order chi connectivity index (χ1) is 13.4. The highest BCUT2D eigenvalue weighted by Gasteiger charge is 2.33. The van der Waals surface area contributed by atoms with E-state index in [4.69, 9.17) is 9.47 Å². The number of thiazole rings is 1. The van der Waals surface area contributed by atoms with Gasteiger partial charge in [0.05, 0.1) is 20.8 Å². The zero-order chi connectivity index (χ0) is 20.6. The molecule has 1 heterocycles. The molecule has 0 aliphatic rings. The van der Waals surface area contributed by atoms with Crippen LogP contribution < -0.4 is 20.1 Å². The molecule has 0 aliphatic carbocycles. The molecule has 0 spiro atoms. The molecule has 0 saturated carbocycles. The summed E-state index contributed by atoms with van der Waals surface area (Å²) in [7, 11) is 3.16. The summed E-state index contributed by atoms with van der Waals surface area (Å²) in [4.78, 5) is 7.88. The highest BCUT2D eigenvalue weighted by atomic mass is 127. The lowest BCUT2D eigenvalue weighted by Crippen LogP contribution is -2.38. The summed E-state index contributed by atoms with van der Waals surface area (Å²) < 4.78 is 48.4. The maximum Gasteiger partial charge on any atom is 0.434 e. The van der Waals surface area contributed by atoms with Crippen LogP contribution in [0.3, 0.4) is 0 Å². The van der Waals surface area contributed by atoms with Gasteiger partial charge in [-0.25, -0.2) is 9.98 Å². The predicted octanol–water partition coefficient (Wildman–Crippen LogP) is 4.09. The first-order valence-corrected chi connectivity index (χ1v) is 9.50. The number of alkyl halides is 3. The van der Waals surface area contributed by atoms with E-state index in [0.717, 1.165) is 22.3 Å². The van der Waals surface area contributed by atoms with E-state index in [0.29, 0.717) is 42.0 Å². The summed E-state index contributed by atoms with van der Waals surface area (Å²) in [6, 6.07) is 5.69. The molecule has 0 unspecified atom stereocenters. The fourth-order valence-electron chi connectivity index (χ4n) is 2.36. The van der Waals surface area contributed by atoms with Gasteiger partial charge in [-0.1, -0.05) is 6.07 Å². The van der Waals surface area contributed by atoms with E-state index in [2.05, 4.69) is 20.6 Å². The summed E-state index contributed by atoms with van der Waals surface area (Å²) in [5, 5.41) is 7.54. The van der Waals surface area contributed by atoms with Gasteiger partial charge in [0.25, 0.3) is 0 Å². The van der Waals surface area contributed by atoms with E-state index in [-0.39, 0.29) is 30.5 Å². The molecule has 2 aromatic rings. The topological polar surface area (TPSA) is 67.8 Å². The van der Waals surface area contributed by atoms with Crippen LogP contribution in [0.15, 0.2) is 28.6 Å². The maximum absolute atomic E-state index is 12.6. The zero-order valence-corrected chi connectivity index (χ0v) is 19.4. The zero-order valence-electron chi connectivity index (χ0n) is 16.3. The van der Waals surface area contributed by atoms with Crippen molar-refractivity contribution in [2.75, 3.05) is 27.3 Å². The second kappa shape index (κ2) is 12.1. The molecule has 11 heteroatoms. The van der Waals surface area contributed by atoms with Crippen molar-refractivity contribution in [1.82, 2.24) is 15.6 Å². The summed E-state index contributed by atoms with van der Waals surface area (Å²) >= 11 is 0.945. The quantitative estimate of drug-likeness (QED) is 0.298. The van der Waals surface area contributed by atoms with E-state index in [9.17, 15) is 13.2 Å². The van der Waals surface area contributed by atoms with Crippen molar-refractivity contribution >= 4 is 41.3 Å². The molecule has 162 valence electrons. The highest BCUT2D eigenvalue weighted by molar-refractivity contribution is 14.0. The Morgan fingerprint density at radius 3 is 2.48 bits per heavy atom. The third-order valence-electron chi connectivity index (χ3n) is 3.71. The second-order valence-corrected chi connectivity index (χ2v) is 6.63. The lowest BCUT2D eigenvalue weighted by molar-refractivity contribution is -0.140. The predicted molar refractivity (Wildman–Crippen MR) is 119 cm³/mol. The van der Waals surface area contributed by atoms with E-state index in [1.54, 1.807) is 14.2 Å². The minimum absolute atomic E-state index is 0. The van der Waals surface area contributed by atoms with Crippen LogP contribution >= 0.6 is 35.3 Å². The van der Waals surface area contributed by atoms with Crippen LogP contribution in [0.25, 0.3) is 0 Å². The van der Waals surface area contributed by atoms with Gasteiger partial charge in [-0.15, -0.1) is 35.3 Å². The highest BCUT2D eigenvalue weighted by Crippen LogP contribution is 2.30. The molecule has 2 rings (SSSR count). The van der Waals surface area contributed by atoms with Crippen molar-refractivity contribution in [2.24, 2.45) is 4.99 Å². The Balaban J connectivity index is 0.00000420. The number of aromatic nitrogens is 1. The minimum Gasteiger partial charge on any atom is -0.493 e. The largest absolute Gasteiger partial charge is 0.493 e. The Labute approximate surface area is 188 Å². The molecule has 0 aliphatic heterocycles. The van der Waals surface area contributed by atoms with Gasteiger partial charge < -0.3 is 20.1 Å². The molecule has 0 radical (unpaired) electrons. The first kappa shape index (κ1) is 25.3. The number of hydrogen-bond acceptors (Lipinski definition) is 5. The van der Waals surface area contributed by atoms with Crippen molar-refractivity contribution in [1.29, 1.82) is 0 Å². The SMILES string of the molecule is CCNC(=NCc1nc(C(F)(F)F)cs1)NCCc1ccc(OC)c(OC)c1.I. The number of hydrogen-bond donors (Lipinski definition) is 2. The van der Waals surface area contributed by atoms with Crippen LogP contribution in [0.4, 0.5) is 13.2 Å². The molecule has 6 nitrogen and oxygen atoms in total. The van der Waals surface area contributed by atoms with Gasteiger partial charge in [-0.05, 0) is 31.0 Å². The lowest BCUT2D eigenvalue weighted by atomic mass is 10.1. The standard InChI is InChI=1S/C18H23F3N4O2S.HI/c1-4-22-17(24-10-16-25-15(11-28-16)18(19,20)21)23-8-7-12-5-6-13(26-2)14(9-12)27-3;/h5-6,9,11H,4,7-8,10H2,1-3H3,(H2,22,23,24);1H. The number of rotatable bonds is 8. The fraction of sp³-hybridized carbons (Fsp3) is 0.444. The fourth-order valence-corrected chi connectivity index (χ4v) is 3.09. The minimum atomic E-state index is -4.43. The van der Waals surface area contributed by atoms with Gasteiger partial charge in [-0.3, -0.25) is 0 Å². The Morgan fingerprint density at radius 1 is 1.17 bits per heavy atom. The molecule has 1 aromatic carbocycles. The van der Waals surface area contributed by atoms with Crippen LogP contribution in [0.2, 0.25) is 0 Å². The van der Waals surface area contributed by atoms with Crippen LogP contribution in [0.5, 0.6) is 11.5 Å². The number of aliphatic imine (C=N–C) groups is 1. The smallest absolute Gasteiger partial charge is 0.434 e. The number of methoxy groups -OCH3 is 2. The molecular weight excluding hydrogens is 520 g/mol. The summed E-state index contributed by atoms with van der Waals surface area (Å²) in [5.74, 6) is 1.84. The van der Waals surface area contributed by atoms with Crippen LogP contribution in [0.1, 0.15) is 23.2 Å². The Morgan fingerprint density at radius 2 is 1.90 bits per heavy atom. The van der Waals surface area contributed by atoms with Crippen molar-refractivity contribution < 1.29 is 22.6 Å². The summed E-state index contributed by atoms with van der Waals surface area (Å²) in [6.45, 7) is 3.21. The van der Waals surface area contributed by atoms with Gasteiger partial charge in [0, 0.05) is 18.5 Å². The molecule has 0 atom stereocenters. The third-order valence-corrected chi connectivity index (χ3v) is 4.55. The number of benzene rings is 1. The number of ether oxygens (including phenoxy) is 2. The van der Waals surface area contributed by atoms with Crippen molar-refractivity contribution in [3.63, 3.8) is 0 Å². The van der Waals surface area contributed by atoms with E-state index in [1.807, 2.05) is 25.1 Å². The van der Waals surface area contributed by atoms with Gasteiger partial charge in [0.2, 0.25) is 0 Å². The second-order valence-electron chi connectivity index (χ2n) is 5.69. The Hall–Kier alpha value is -1.76. The van der Waals surface area contributed by atoms with Crippen molar-refractivity contribution in [3.05, 3.63) is 39.8 Å². The number of nitrogens with zero attached hydrogens (tertiary/aromatic N) is 2. The van der Waals surface area contributed by atoms with Crippen molar-refractivity contribution in [2.45, 2.75) is 26.1 Å². The molecular formula is C18H24F3IN4O2S. The van der Waals surface area contributed by atoms with Crippen LogP contribution in [0, 0.1) is 0 Å². The van der Waals surface area contributed by atoms with E-state index in [1.165, 1.54) is 0 Å². The van der Waals surface area contributed by atoms with E-state index >= 15 is 0 Å². The van der Waals surface area contributed by atoms with E-state index < -0.39 is 11.9 Å². The molecule has 2 N–H and O–H groups in total. The average Bonchev–Trinajstić information content (AvgIpc) is 3.15. The van der Waals surface area contributed by atoms with Crippen LogP contribution in [-0.4, -0.2) is 38.3 Å². The number of guanidine groups is 1. The molecule has 1 aromatic heterocycles. The first-order valence-electron chi connectivity index (χ1n) is 8.62. The Kier molecular flexibility index (Phi) is 10.5.